The maximum absolute atomic E-state index is 12.1. The van der Waals surface area contributed by atoms with Crippen LogP contribution in [-0.2, 0) is 11.2 Å². The zero-order valence-electron chi connectivity index (χ0n) is 13.8. The number of hydrogen-bond donors (Lipinski definition) is 2. The average molecular weight is 320 g/mol. The number of H-pyrrole nitrogens is 1. The van der Waals surface area contributed by atoms with E-state index in [0.29, 0.717) is 18.4 Å². The highest BCUT2D eigenvalue weighted by Crippen LogP contribution is 2.15. The summed E-state index contributed by atoms with van der Waals surface area (Å²) in [6, 6.07) is 15.5. The molecule has 1 aromatic heterocycles. The van der Waals surface area contributed by atoms with Gasteiger partial charge in [0.1, 0.15) is 0 Å². The van der Waals surface area contributed by atoms with Gasteiger partial charge in [-0.1, -0.05) is 29.8 Å². The van der Waals surface area contributed by atoms with Gasteiger partial charge in [-0.2, -0.15) is 0 Å². The second-order valence-electron chi connectivity index (χ2n) is 6.12. The van der Waals surface area contributed by atoms with E-state index in [1.165, 1.54) is 0 Å². The number of benzene rings is 2. The van der Waals surface area contributed by atoms with Gasteiger partial charge in [0.05, 0.1) is 0 Å². The first-order valence-corrected chi connectivity index (χ1v) is 8.00. The summed E-state index contributed by atoms with van der Waals surface area (Å²) in [7, 11) is 0. The van der Waals surface area contributed by atoms with Crippen molar-refractivity contribution in [3.63, 3.8) is 0 Å². The van der Waals surface area contributed by atoms with Gasteiger partial charge in [-0.25, -0.2) is 0 Å². The molecule has 0 aliphatic carbocycles. The number of amides is 1. The minimum Gasteiger partial charge on any atom is -0.326 e. The zero-order chi connectivity index (χ0) is 17.1. The Labute approximate surface area is 140 Å². The van der Waals surface area contributed by atoms with Crippen LogP contribution < -0.4 is 10.9 Å². The highest BCUT2D eigenvalue weighted by molar-refractivity contribution is 5.91. The van der Waals surface area contributed by atoms with Crippen molar-refractivity contribution in [3.05, 3.63) is 75.6 Å². The number of carbonyl (C=O) groups is 1. The SMILES string of the molecule is Cc1ccc(NC(=O)CCc2ccc3cc(C)c(=O)[nH]c3c2)cc1. The number of nitrogens with one attached hydrogen (secondary N) is 2. The van der Waals surface area contributed by atoms with Crippen LogP contribution in [0.25, 0.3) is 10.9 Å². The smallest absolute Gasteiger partial charge is 0.251 e. The van der Waals surface area contributed by atoms with Crippen LogP contribution in [0.15, 0.2) is 53.3 Å². The monoisotopic (exact) mass is 320 g/mol. The number of aromatic nitrogens is 1. The van der Waals surface area contributed by atoms with Crippen molar-refractivity contribution in [3.8, 4) is 0 Å². The van der Waals surface area contributed by atoms with Gasteiger partial charge in [0, 0.05) is 23.2 Å². The van der Waals surface area contributed by atoms with Gasteiger partial charge < -0.3 is 10.3 Å². The molecule has 3 rings (SSSR count). The Morgan fingerprint density at radius 2 is 1.79 bits per heavy atom. The van der Waals surface area contributed by atoms with Gasteiger partial charge in [-0.3, -0.25) is 9.59 Å². The fourth-order valence-corrected chi connectivity index (χ4v) is 2.63. The van der Waals surface area contributed by atoms with Crippen LogP contribution in [0.4, 0.5) is 5.69 Å². The van der Waals surface area contributed by atoms with E-state index in [9.17, 15) is 9.59 Å². The first kappa shape index (κ1) is 16.0. The standard InChI is InChI=1S/C20H20N2O2/c1-13-3-8-17(9-4-13)21-19(23)10-6-15-5-7-16-11-14(2)20(24)22-18(16)12-15/h3-5,7-9,11-12H,6,10H2,1-2H3,(H,21,23)(H,22,24). The van der Waals surface area contributed by atoms with Crippen molar-refractivity contribution in [1.82, 2.24) is 4.98 Å². The Balaban J connectivity index is 1.66. The van der Waals surface area contributed by atoms with Crippen LogP contribution in [0.1, 0.15) is 23.1 Å². The largest absolute Gasteiger partial charge is 0.326 e. The van der Waals surface area contributed by atoms with E-state index < -0.39 is 0 Å². The number of rotatable bonds is 4. The summed E-state index contributed by atoms with van der Waals surface area (Å²) in [5, 5.41) is 3.90. The minimum atomic E-state index is -0.0724. The average Bonchev–Trinajstić information content (AvgIpc) is 2.56. The van der Waals surface area contributed by atoms with E-state index in [-0.39, 0.29) is 11.5 Å². The van der Waals surface area contributed by atoms with Crippen LogP contribution in [0, 0.1) is 13.8 Å². The van der Waals surface area contributed by atoms with E-state index in [1.54, 1.807) is 6.92 Å². The molecule has 1 heterocycles. The van der Waals surface area contributed by atoms with E-state index in [4.69, 9.17) is 0 Å². The lowest BCUT2D eigenvalue weighted by atomic mass is 10.1. The van der Waals surface area contributed by atoms with E-state index in [0.717, 1.165) is 27.7 Å². The molecular formula is C20H20N2O2. The molecule has 0 fully saturated rings. The number of aryl methyl sites for hydroxylation is 3. The number of anilines is 1. The van der Waals surface area contributed by atoms with Gasteiger partial charge in [-0.05, 0) is 55.5 Å². The Morgan fingerprint density at radius 1 is 1.04 bits per heavy atom. The molecule has 0 atom stereocenters. The lowest BCUT2D eigenvalue weighted by molar-refractivity contribution is -0.116. The molecule has 0 saturated heterocycles. The lowest BCUT2D eigenvalue weighted by Crippen LogP contribution is -2.12. The minimum absolute atomic E-state index is 0.0173. The maximum Gasteiger partial charge on any atom is 0.251 e. The maximum atomic E-state index is 12.1. The Morgan fingerprint density at radius 3 is 2.54 bits per heavy atom. The summed E-state index contributed by atoms with van der Waals surface area (Å²) < 4.78 is 0. The number of fused-ring (bicyclic) bond motifs is 1. The molecule has 0 unspecified atom stereocenters. The third-order valence-corrected chi connectivity index (χ3v) is 4.07. The second kappa shape index (κ2) is 6.71. The Kier molecular flexibility index (Phi) is 4.47. The topological polar surface area (TPSA) is 62.0 Å². The van der Waals surface area contributed by atoms with Crippen LogP contribution in [0.2, 0.25) is 0 Å². The quantitative estimate of drug-likeness (QED) is 0.769. The molecule has 122 valence electrons. The van der Waals surface area contributed by atoms with Gasteiger partial charge in [0.15, 0.2) is 0 Å². The first-order valence-electron chi connectivity index (χ1n) is 8.00. The van der Waals surface area contributed by atoms with Gasteiger partial charge in [-0.15, -0.1) is 0 Å². The highest BCUT2D eigenvalue weighted by atomic mass is 16.1. The molecule has 0 radical (unpaired) electrons. The Bertz CT molecular complexity index is 940. The molecule has 3 aromatic rings. The van der Waals surface area contributed by atoms with Crippen molar-refractivity contribution in [1.29, 1.82) is 0 Å². The van der Waals surface area contributed by atoms with Crippen LogP contribution in [0.3, 0.4) is 0 Å². The molecule has 0 aliphatic rings. The highest BCUT2D eigenvalue weighted by Gasteiger charge is 2.05. The Hall–Kier alpha value is -2.88. The lowest BCUT2D eigenvalue weighted by Gasteiger charge is -2.07. The number of hydrogen-bond acceptors (Lipinski definition) is 2. The molecular weight excluding hydrogens is 300 g/mol. The van der Waals surface area contributed by atoms with Crippen LogP contribution in [0.5, 0.6) is 0 Å². The number of carbonyl (C=O) groups excluding carboxylic acids is 1. The molecule has 0 aliphatic heterocycles. The predicted octanol–water partition coefficient (Wildman–Crippen LogP) is 3.72. The molecule has 1 amide bonds. The van der Waals surface area contributed by atoms with Crippen molar-refractivity contribution < 1.29 is 4.79 Å². The fourth-order valence-electron chi connectivity index (χ4n) is 2.63. The van der Waals surface area contributed by atoms with Crippen molar-refractivity contribution >= 4 is 22.5 Å². The third kappa shape index (κ3) is 3.71. The number of aromatic amines is 1. The summed E-state index contributed by atoms with van der Waals surface area (Å²) in [4.78, 5) is 26.7. The summed E-state index contributed by atoms with van der Waals surface area (Å²) in [6.45, 7) is 3.80. The number of pyridine rings is 1. The normalized spacial score (nSPS) is 10.8. The second-order valence-corrected chi connectivity index (χ2v) is 6.12. The molecule has 2 N–H and O–H groups in total. The fraction of sp³-hybridized carbons (Fsp3) is 0.200. The van der Waals surface area contributed by atoms with Gasteiger partial charge in [0.2, 0.25) is 5.91 Å². The van der Waals surface area contributed by atoms with Crippen LogP contribution in [-0.4, -0.2) is 10.9 Å². The van der Waals surface area contributed by atoms with E-state index in [1.807, 2.05) is 55.5 Å². The van der Waals surface area contributed by atoms with Gasteiger partial charge in [0.25, 0.3) is 5.56 Å². The molecule has 0 saturated carbocycles. The predicted molar refractivity (Wildman–Crippen MR) is 97.4 cm³/mol. The van der Waals surface area contributed by atoms with Crippen LogP contribution >= 0.6 is 0 Å². The molecule has 4 heteroatoms. The molecule has 24 heavy (non-hydrogen) atoms. The zero-order valence-corrected chi connectivity index (χ0v) is 13.8. The van der Waals surface area contributed by atoms with E-state index >= 15 is 0 Å². The summed E-state index contributed by atoms with van der Waals surface area (Å²) in [6.07, 6.45) is 1.03. The van der Waals surface area contributed by atoms with Crippen molar-refractivity contribution in [2.75, 3.05) is 5.32 Å². The summed E-state index contributed by atoms with van der Waals surface area (Å²) in [5.41, 5.74) is 4.44. The molecule has 0 spiro atoms. The van der Waals surface area contributed by atoms with E-state index in [2.05, 4.69) is 10.3 Å². The first-order chi connectivity index (χ1) is 11.5. The van der Waals surface area contributed by atoms with Gasteiger partial charge >= 0.3 is 0 Å². The third-order valence-electron chi connectivity index (χ3n) is 4.07. The molecule has 0 bridgehead atoms. The van der Waals surface area contributed by atoms with Crippen molar-refractivity contribution in [2.24, 2.45) is 0 Å². The van der Waals surface area contributed by atoms with Crippen molar-refractivity contribution in [2.45, 2.75) is 26.7 Å². The summed E-state index contributed by atoms with van der Waals surface area (Å²) >= 11 is 0. The summed E-state index contributed by atoms with van der Waals surface area (Å²) in [5.74, 6) is -0.0173. The molecule has 2 aromatic carbocycles. The molecule has 4 nitrogen and oxygen atoms in total.